The monoisotopic (exact) mass is 215 g/mol. The van der Waals surface area contributed by atoms with Crippen LogP contribution in [0.25, 0.3) is 0 Å². The molecule has 0 aromatic carbocycles. The lowest BCUT2D eigenvalue weighted by Gasteiger charge is -2.13. The molecule has 0 aliphatic carbocycles. The topological polar surface area (TPSA) is 29.5 Å². The van der Waals surface area contributed by atoms with E-state index in [9.17, 15) is 0 Å². The van der Waals surface area contributed by atoms with Crippen molar-refractivity contribution in [1.82, 2.24) is 0 Å². The van der Waals surface area contributed by atoms with Crippen LogP contribution in [0, 0.1) is 18.9 Å². The quantitative estimate of drug-likeness (QED) is 0.566. The highest BCUT2D eigenvalue weighted by Gasteiger charge is 2.06. The third-order valence-corrected chi connectivity index (χ3v) is 2.82. The number of hydrogen-bond donors (Lipinski definition) is 1. The van der Waals surface area contributed by atoms with Gasteiger partial charge in [-0.2, -0.15) is 0 Å². The zero-order chi connectivity index (χ0) is 11.5. The molecule has 0 unspecified atom stereocenters. The van der Waals surface area contributed by atoms with E-state index in [0.29, 0.717) is 12.5 Å². The lowest BCUT2D eigenvalue weighted by molar-refractivity contribution is 0.161. The van der Waals surface area contributed by atoms with Gasteiger partial charge in [0, 0.05) is 13.2 Å². The molecule has 0 spiro atoms. The largest absolute Gasteiger partial charge is 0.396 e. The summed E-state index contributed by atoms with van der Waals surface area (Å²) in [6.07, 6.45) is 7.23. The lowest BCUT2D eigenvalue weighted by atomic mass is 9.97. The second kappa shape index (κ2) is 10.4. The van der Waals surface area contributed by atoms with Crippen molar-refractivity contribution < 1.29 is 9.84 Å². The highest BCUT2D eigenvalue weighted by molar-refractivity contribution is 4.58. The summed E-state index contributed by atoms with van der Waals surface area (Å²) in [7, 11) is 3.34. The average Bonchev–Trinajstić information content (AvgIpc) is 2.21. The van der Waals surface area contributed by atoms with Gasteiger partial charge in [0.2, 0.25) is 0 Å². The number of rotatable bonds is 10. The summed E-state index contributed by atoms with van der Waals surface area (Å²) in [4.78, 5) is 0. The Morgan fingerprint density at radius 2 is 1.73 bits per heavy atom. The maximum absolute atomic E-state index is 9.12. The smallest absolute Gasteiger partial charge is 0.0700 e. The van der Waals surface area contributed by atoms with E-state index < -0.39 is 0 Å². The summed E-state index contributed by atoms with van der Waals surface area (Å²) >= 11 is 0. The second-order valence-corrected chi connectivity index (χ2v) is 4.78. The molecule has 0 fully saturated rings. The predicted molar refractivity (Wildman–Crippen MR) is 64.4 cm³/mol. The summed E-state index contributed by atoms with van der Waals surface area (Å²) in [5, 5.41) is 9.12. The summed E-state index contributed by atoms with van der Waals surface area (Å²) in [5.74, 6) is 1.23. The van der Waals surface area contributed by atoms with Crippen molar-refractivity contribution >= 4 is 0 Å². The third-order valence-electron chi connectivity index (χ3n) is 2.82. The first kappa shape index (κ1) is 14.9. The fraction of sp³-hybridized carbons (Fsp3) is 0.923. The second-order valence-electron chi connectivity index (χ2n) is 4.78. The SMILES string of the molecule is [CH2]OCC[C@H](CO)CCCCCC(C)C. The van der Waals surface area contributed by atoms with E-state index in [1.807, 2.05) is 0 Å². The Bertz CT molecular complexity index is 124. The number of ether oxygens (including phenoxy) is 1. The molecule has 0 saturated heterocycles. The Hall–Kier alpha value is -0.0800. The van der Waals surface area contributed by atoms with Crippen molar-refractivity contribution in [1.29, 1.82) is 0 Å². The molecule has 1 N–H and O–H groups in total. The van der Waals surface area contributed by atoms with Gasteiger partial charge in [-0.05, 0) is 24.7 Å². The highest BCUT2D eigenvalue weighted by Crippen LogP contribution is 2.15. The molecule has 0 aromatic heterocycles. The molecular weight excluding hydrogens is 188 g/mol. The van der Waals surface area contributed by atoms with Crippen LogP contribution in [-0.2, 0) is 4.74 Å². The summed E-state index contributed by atoms with van der Waals surface area (Å²) in [5.41, 5.74) is 0. The normalized spacial score (nSPS) is 13.4. The molecule has 0 saturated carbocycles. The predicted octanol–water partition coefficient (Wildman–Crippen LogP) is 3.40. The van der Waals surface area contributed by atoms with E-state index >= 15 is 0 Å². The van der Waals surface area contributed by atoms with Gasteiger partial charge in [-0.25, -0.2) is 0 Å². The number of unbranched alkanes of at least 4 members (excludes halogenated alkanes) is 2. The van der Waals surface area contributed by atoms with Gasteiger partial charge in [0.1, 0.15) is 0 Å². The minimum atomic E-state index is 0.285. The fourth-order valence-electron chi connectivity index (χ4n) is 1.74. The highest BCUT2D eigenvalue weighted by atomic mass is 16.5. The fourth-order valence-corrected chi connectivity index (χ4v) is 1.74. The molecule has 2 nitrogen and oxygen atoms in total. The number of hydrogen-bond acceptors (Lipinski definition) is 2. The van der Waals surface area contributed by atoms with Crippen LogP contribution in [0.15, 0.2) is 0 Å². The molecule has 0 aliphatic heterocycles. The van der Waals surface area contributed by atoms with Crippen LogP contribution < -0.4 is 0 Å². The zero-order valence-corrected chi connectivity index (χ0v) is 10.4. The van der Waals surface area contributed by atoms with Crippen LogP contribution in [-0.4, -0.2) is 18.3 Å². The first-order valence-electron chi connectivity index (χ1n) is 6.18. The molecule has 1 atom stereocenters. The first-order chi connectivity index (χ1) is 7.20. The van der Waals surface area contributed by atoms with Crippen molar-refractivity contribution in [3.8, 4) is 0 Å². The molecule has 0 rings (SSSR count). The Kier molecular flexibility index (Phi) is 10.4. The van der Waals surface area contributed by atoms with E-state index in [0.717, 1.165) is 18.8 Å². The Balaban J connectivity index is 3.30. The summed E-state index contributed by atoms with van der Waals surface area (Å²) in [6, 6.07) is 0. The van der Waals surface area contributed by atoms with Crippen molar-refractivity contribution in [3.63, 3.8) is 0 Å². The van der Waals surface area contributed by atoms with Gasteiger partial charge in [0.15, 0.2) is 0 Å². The van der Waals surface area contributed by atoms with Crippen molar-refractivity contribution in [2.75, 3.05) is 13.2 Å². The molecule has 0 aromatic rings. The van der Waals surface area contributed by atoms with Gasteiger partial charge in [-0.3, -0.25) is 0 Å². The van der Waals surface area contributed by atoms with E-state index in [-0.39, 0.29) is 6.61 Å². The van der Waals surface area contributed by atoms with Gasteiger partial charge in [-0.1, -0.05) is 39.5 Å². The number of aliphatic hydroxyl groups is 1. The van der Waals surface area contributed by atoms with Crippen LogP contribution in [0.2, 0.25) is 0 Å². The summed E-state index contributed by atoms with van der Waals surface area (Å²) in [6.45, 7) is 5.48. The van der Waals surface area contributed by atoms with Crippen LogP contribution in [0.3, 0.4) is 0 Å². The van der Waals surface area contributed by atoms with Gasteiger partial charge in [0.05, 0.1) is 7.11 Å². The zero-order valence-electron chi connectivity index (χ0n) is 10.4. The summed E-state index contributed by atoms with van der Waals surface area (Å²) < 4.78 is 4.77. The first-order valence-corrected chi connectivity index (χ1v) is 6.18. The van der Waals surface area contributed by atoms with Crippen LogP contribution in [0.1, 0.15) is 52.4 Å². The van der Waals surface area contributed by atoms with Gasteiger partial charge in [0.25, 0.3) is 0 Å². The van der Waals surface area contributed by atoms with E-state index in [4.69, 9.17) is 9.84 Å². The van der Waals surface area contributed by atoms with Gasteiger partial charge < -0.3 is 9.84 Å². The van der Waals surface area contributed by atoms with E-state index in [1.165, 1.54) is 25.7 Å². The Morgan fingerprint density at radius 3 is 2.27 bits per heavy atom. The van der Waals surface area contributed by atoms with Crippen LogP contribution in [0.4, 0.5) is 0 Å². The minimum Gasteiger partial charge on any atom is -0.396 e. The van der Waals surface area contributed by atoms with Crippen LogP contribution in [0.5, 0.6) is 0 Å². The van der Waals surface area contributed by atoms with Gasteiger partial charge in [-0.15, -0.1) is 0 Å². The van der Waals surface area contributed by atoms with E-state index in [1.54, 1.807) is 0 Å². The molecule has 15 heavy (non-hydrogen) atoms. The Morgan fingerprint density at radius 1 is 1.07 bits per heavy atom. The molecule has 2 heteroatoms. The van der Waals surface area contributed by atoms with Gasteiger partial charge >= 0.3 is 0 Å². The average molecular weight is 215 g/mol. The lowest BCUT2D eigenvalue weighted by Crippen LogP contribution is -2.08. The molecule has 1 radical (unpaired) electrons. The maximum Gasteiger partial charge on any atom is 0.0700 e. The molecule has 0 amide bonds. The Labute approximate surface area is 95.0 Å². The molecule has 91 valence electrons. The van der Waals surface area contributed by atoms with Crippen LogP contribution >= 0.6 is 0 Å². The molecule has 0 bridgehead atoms. The minimum absolute atomic E-state index is 0.285. The molecule has 0 aliphatic rings. The van der Waals surface area contributed by atoms with Crippen molar-refractivity contribution in [2.45, 2.75) is 52.4 Å². The standard InChI is InChI=1S/C13H27O2/c1-12(2)7-5-4-6-8-13(11-14)9-10-15-3/h12-14H,3-11H2,1-2H3/t13-/m1/s1. The molecule has 0 heterocycles. The molecular formula is C13H27O2. The number of aliphatic hydroxyl groups excluding tert-OH is 1. The van der Waals surface area contributed by atoms with Crippen molar-refractivity contribution in [3.05, 3.63) is 7.11 Å². The van der Waals surface area contributed by atoms with Crippen molar-refractivity contribution in [2.24, 2.45) is 11.8 Å². The van der Waals surface area contributed by atoms with E-state index in [2.05, 4.69) is 21.0 Å². The maximum atomic E-state index is 9.12. The third kappa shape index (κ3) is 10.2.